The van der Waals surface area contributed by atoms with E-state index in [0.29, 0.717) is 72.1 Å². The van der Waals surface area contributed by atoms with Crippen molar-refractivity contribution in [3.8, 4) is 28.7 Å². The average Bonchev–Trinajstić information content (AvgIpc) is 3.17. The maximum atomic E-state index is 14.0. The number of nitrogens with zero attached hydrogens (tertiary/aromatic N) is 6. The van der Waals surface area contributed by atoms with Crippen molar-refractivity contribution in [3.63, 3.8) is 0 Å². The first-order valence-electron chi connectivity index (χ1n) is 17.6. The molecule has 1 saturated heterocycles. The highest BCUT2D eigenvalue weighted by molar-refractivity contribution is 9.10. The summed E-state index contributed by atoms with van der Waals surface area (Å²) >= 11 is 3.35. The number of fused-ring (bicyclic) bond motifs is 1. The summed E-state index contributed by atoms with van der Waals surface area (Å²) in [5, 5.41) is 9.87. The standard InChI is InChI=1S/C41H43BrN6O5/c1-25-26(2)39(49)45(4)24-34(25)29-20-35(52-5)38(36(21-29)53-6)41(51)47-17-15-46(16-18-47)23-28-9-7-11-32-27(3)48(14-13-33(28)32)40(50)30(22-43)19-31-10-8-12-37(42)44-31/h7-12,19-21,24,27H,13-18,23H2,1-6H3. The molecule has 1 fully saturated rings. The summed E-state index contributed by atoms with van der Waals surface area (Å²) in [5.41, 5.74) is 7.62. The van der Waals surface area contributed by atoms with Gasteiger partial charge in [0, 0.05) is 63.6 Å². The summed E-state index contributed by atoms with van der Waals surface area (Å²) in [5.74, 6) is 0.365. The van der Waals surface area contributed by atoms with E-state index >= 15 is 0 Å². The molecule has 0 radical (unpaired) electrons. The van der Waals surface area contributed by atoms with Crippen LogP contribution >= 0.6 is 15.9 Å². The topological polar surface area (TPSA) is 121 Å². The van der Waals surface area contributed by atoms with Crippen LogP contribution in [0.25, 0.3) is 17.2 Å². The van der Waals surface area contributed by atoms with Crippen LogP contribution in [0.3, 0.4) is 0 Å². The van der Waals surface area contributed by atoms with Crippen molar-refractivity contribution in [1.82, 2.24) is 24.3 Å². The van der Waals surface area contributed by atoms with E-state index in [2.05, 4.69) is 44.0 Å². The number of carbonyl (C=O) groups is 2. The number of piperazine rings is 1. The van der Waals surface area contributed by atoms with Crippen LogP contribution in [0, 0.1) is 25.2 Å². The Balaban J connectivity index is 1.15. The lowest BCUT2D eigenvalue weighted by molar-refractivity contribution is -0.129. The van der Waals surface area contributed by atoms with E-state index in [4.69, 9.17) is 9.47 Å². The van der Waals surface area contributed by atoms with Gasteiger partial charge in [0.05, 0.1) is 26.0 Å². The first-order chi connectivity index (χ1) is 25.4. The van der Waals surface area contributed by atoms with E-state index in [1.54, 1.807) is 49.1 Å². The van der Waals surface area contributed by atoms with Crippen molar-refractivity contribution in [2.75, 3.05) is 46.9 Å². The Bertz CT molecular complexity index is 2190. The number of rotatable bonds is 8. The molecule has 6 rings (SSSR count). The summed E-state index contributed by atoms with van der Waals surface area (Å²) < 4.78 is 13.7. The minimum Gasteiger partial charge on any atom is -0.496 e. The minimum absolute atomic E-state index is 0.0501. The van der Waals surface area contributed by atoms with Crippen molar-refractivity contribution < 1.29 is 19.1 Å². The summed E-state index contributed by atoms with van der Waals surface area (Å²) in [6.45, 7) is 9.42. The van der Waals surface area contributed by atoms with Crippen LogP contribution in [0.1, 0.15) is 56.8 Å². The van der Waals surface area contributed by atoms with Gasteiger partial charge < -0.3 is 23.8 Å². The monoisotopic (exact) mass is 778 g/mol. The van der Waals surface area contributed by atoms with Gasteiger partial charge in [-0.25, -0.2) is 4.98 Å². The largest absolute Gasteiger partial charge is 0.496 e. The fourth-order valence-electron chi connectivity index (χ4n) is 7.37. The molecule has 0 N–H and O–H groups in total. The lowest BCUT2D eigenvalue weighted by atomic mass is 9.89. The van der Waals surface area contributed by atoms with Crippen LogP contribution < -0.4 is 15.0 Å². The number of hydrogen-bond acceptors (Lipinski definition) is 8. The number of benzene rings is 2. The molecular formula is C41H43BrN6O5. The second kappa shape index (κ2) is 15.8. The Morgan fingerprint density at radius 2 is 1.68 bits per heavy atom. The zero-order chi connectivity index (χ0) is 38.0. The number of aryl methyl sites for hydroxylation is 1. The van der Waals surface area contributed by atoms with Crippen molar-refractivity contribution in [2.45, 2.75) is 39.8 Å². The van der Waals surface area contributed by atoms with E-state index in [1.165, 1.54) is 17.2 Å². The Labute approximate surface area is 318 Å². The number of methoxy groups -OCH3 is 2. The third-order valence-corrected chi connectivity index (χ3v) is 10.9. The predicted molar refractivity (Wildman–Crippen MR) is 207 cm³/mol. The van der Waals surface area contributed by atoms with Gasteiger partial charge in [0.1, 0.15) is 33.3 Å². The van der Waals surface area contributed by atoms with Gasteiger partial charge in [-0.15, -0.1) is 0 Å². The number of pyridine rings is 2. The molecule has 0 saturated carbocycles. The molecule has 2 aliphatic rings. The van der Waals surface area contributed by atoms with Crippen molar-refractivity contribution in [3.05, 3.63) is 114 Å². The summed E-state index contributed by atoms with van der Waals surface area (Å²) in [6, 6.07) is 17.2. The van der Waals surface area contributed by atoms with E-state index in [0.717, 1.165) is 28.8 Å². The SMILES string of the molecule is COc1cc(-c2cn(C)c(=O)c(C)c2C)cc(OC)c1C(=O)N1CCN(Cc2cccc3c2CCN(C(=O)C(C#N)=Cc2cccc(Br)n2)C3C)CC1. The molecule has 274 valence electrons. The molecule has 2 aromatic heterocycles. The van der Waals surface area contributed by atoms with E-state index in [1.807, 2.05) is 49.9 Å². The Hall–Kier alpha value is -5.25. The summed E-state index contributed by atoms with van der Waals surface area (Å²) in [6.07, 6.45) is 4.02. The molecule has 0 aliphatic carbocycles. The van der Waals surface area contributed by atoms with Gasteiger partial charge in [-0.05, 0) is 101 Å². The van der Waals surface area contributed by atoms with Crippen LogP contribution in [-0.2, 0) is 24.8 Å². The van der Waals surface area contributed by atoms with Gasteiger partial charge in [-0.3, -0.25) is 19.3 Å². The van der Waals surface area contributed by atoms with E-state index < -0.39 is 0 Å². The summed E-state index contributed by atoms with van der Waals surface area (Å²) in [4.78, 5) is 50.4. The molecule has 11 nitrogen and oxygen atoms in total. The molecule has 4 heterocycles. The second-order valence-electron chi connectivity index (χ2n) is 13.5. The fraction of sp³-hybridized carbons (Fsp3) is 0.341. The molecule has 53 heavy (non-hydrogen) atoms. The molecule has 1 atom stereocenters. The van der Waals surface area contributed by atoms with Crippen molar-refractivity contribution >= 4 is 33.8 Å². The van der Waals surface area contributed by atoms with Gasteiger partial charge in [-0.2, -0.15) is 5.26 Å². The zero-order valence-corrected chi connectivity index (χ0v) is 32.5. The minimum atomic E-state index is -0.307. The van der Waals surface area contributed by atoms with Gasteiger partial charge in [0.2, 0.25) is 0 Å². The first kappa shape index (κ1) is 37.5. The van der Waals surface area contributed by atoms with Crippen LogP contribution in [0.5, 0.6) is 11.5 Å². The normalized spacial score (nSPS) is 16.2. The Morgan fingerprint density at radius 3 is 2.32 bits per heavy atom. The van der Waals surface area contributed by atoms with Crippen LogP contribution in [-0.4, -0.2) is 83.0 Å². The van der Waals surface area contributed by atoms with Crippen LogP contribution in [0.15, 0.2) is 69.7 Å². The molecule has 12 heteroatoms. The number of ether oxygens (including phenoxy) is 2. The van der Waals surface area contributed by atoms with Crippen LogP contribution in [0.2, 0.25) is 0 Å². The van der Waals surface area contributed by atoms with Gasteiger partial charge in [0.25, 0.3) is 17.4 Å². The molecule has 2 aliphatic heterocycles. The molecule has 1 unspecified atom stereocenters. The van der Waals surface area contributed by atoms with Crippen LogP contribution in [0.4, 0.5) is 0 Å². The quantitative estimate of drug-likeness (QED) is 0.124. The number of halogens is 1. The van der Waals surface area contributed by atoms with Gasteiger partial charge >= 0.3 is 0 Å². The summed E-state index contributed by atoms with van der Waals surface area (Å²) in [7, 11) is 4.82. The molecule has 2 aromatic carbocycles. The van der Waals surface area contributed by atoms with E-state index in [9.17, 15) is 19.6 Å². The van der Waals surface area contributed by atoms with Crippen molar-refractivity contribution in [2.24, 2.45) is 7.05 Å². The zero-order valence-electron chi connectivity index (χ0n) is 30.9. The van der Waals surface area contributed by atoms with Gasteiger partial charge in [-0.1, -0.05) is 24.3 Å². The number of carbonyl (C=O) groups excluding carboxylic acids is 2. The number of amides is 2. The molecule has 0 bridgehead atoms. The highest BCUT2D eigenvalue weighted by Crippen LogP contribution is 2.38. The molecular weight excluding hydrogens is 736 g/mol. The Morgan fingerprint density at radius 1 is 1.00 bits per heavy atom. The van der Waals surface area contributed by atoms with E-state index in [-0.39, 0.29) is 29.0 Å². The number of aromatic nitrogens is 2. The number of hydrogen-bond donors (Lipinski definition) is 0. The maximum absolute atomic E-state index is 14.0. The highest BCUT2D eigenvalue weighted by Gasteiger charge is 2.32. The Kier molecular flexibility index (Phi) is 11.2. The predicted octanol–water partition coefficient (Wildman–Crippen LogP) is 5.85. The second-order valence-corrected chi connectivity index (χ2v) is 14.3. The fourth-order valence-corrected chi connectivity index (χ4v) is 7.73. The molecule has 2 amide bonds. The maximum Gasteiger partial charge on any atom is 0.265 e. The smallest absolute Gasteiger partial charge is 0.265 e. The molecule has 0 spiro atoms. The lowest BCUT2D eigenvalue weighted by Gasteiger charge is -2.38. The van der Waals surface area contributed by atoms with Crippen molar-refractivity contribution in [1.29, 1.82) is 5.26 Å². The third-order valence-electron chi connectivity index (χ3n) is 10.5. The third kappa shape index (κ3) is 7.50. The average molecular weight is 780 g/mol. The van der Waals surface area contributed by atoms with Gasteiger partial charge in [0.15, 0.2) is 0 Å². The molecule has 4 aromatic rings. The first-order valence-corrected chi connectivity index (χ1v) is 18.4. The highest BCUT2D eigenvalue weighted by atomic mass is 79.9. The lowest BCUT2D eigenvalue weighted by Crippen LogP contribution is -2.48. The number of nitriles is 1.